The first kappa shape index (κ1) is 12.7. The van der Waals surface area contributed by atoms with Crippen molar-refractivity contribution in [2.45, 2.75) is 33.2 Å². The number of nitrogens with two attached hydrogens (primary N) is 1. The Bertz CT molecular complexity index is 361. The lowest BCUT2D eigenvalue weighted by Crippen LogP contribution is -2.82. The molecule has 0 heterocycles. The molecule has 1 aromatic carbocycles. The fourth-order valence-corrected chi connectivity index (χ4v) is 1.67. The summed E-state index contributed by atoms with van der Waals surface area (Å²) in [6, 6.07) is 6.42. The standard InChI is InChI=1S/C13H19NO2/c1-10-5-6-11(2)12(8-10)9-14-7-3-4-13(15)16/h5-6,8,14H,3-4,7,9H2,1-2H3,(H,15,16). The molecule has 0 atom stereocenters. The molecule has 0 radical (unpaired) electrons. The van der Waals surface area contributed by atoms with Crippen molar-refractivity contribution in [3.05, 3.63) is 34.9 Å². The number of quaternary nitrogens is 1. The summed E-state index contributed by atoms with van der Waals surface area (Å²) >= 11 is 0. The van der Waals surface area contributed by atoms with Gasteiger partial charge in [0.15, 0.2) is 0 Å². The number of carbonyl (C=O) groups is 1. The van der Waals surface area contributed by atoms with E-state index in [0.29, 0.717) is 6.42 Å². The summed E-state index contributed by atoms with van der Waals surface area (Å²) in [5, 5.41) is 12.3. The Kier molecular flexibility index (Phi) is 4.99. The van der Waals surface area contributed by atoms with E-state index in [0.717, 1.165) is 13.1 Å². The van der Waals surface area contributed by atoms with Crippen LogP contribution in [0, 0.1) is 13.8 Å². The molecule has 88 valence electrons. The second-order valence-corrected chi connectivity index (χ2v) is 4.19. The molecule has 2 N–H and O–H groups in total. The molecule has 0 saturated heterocycles. The average Bonchev–Trinajstić information content (AvgIpc) is 2.22. The Morgan fingerprint density at radius 3 is 2.81 bits per heavy atom. The van der Waals surface area contributed by atoms with Gasteiger partial charge in [0, 0.05) is 18.0 Å². The van der Waals surface area contributed by atoms with Crippen LogP contribution in [0.5, 0.6) is 0 Å². The molecule has 0 aliphatic carbocycles. The van der Waals surface area contributed by atoms with Crippen molar-refractivity contribution in [3.63, 3.8) is 0 Å². The second-order valence-electron chi connectivity index (χ2n) is 4.19. The first-order valence-corrected chi connectivity index (χ1v) is 5.67. The summed E-state index contributed by atoms with van der Waals surface area (Å²) in [5.74, 6) is -0.958. The Labute approximate surface area is 96.5 Å². The van der Waals surface area contributed by atoms with E-state index in [4.69, 9.17) is 0 Å². The molecule has 0 aliphatic heterocycles. The maximum absolute atomic E-state index is 10.2. The van der Waals surface area contributed by atoms with Gasteiger partial charge in [0.25, 0.3) is 0 Å². The van der Waals surface area contributed by atoms with Gasteiger partial charge < -0.3 is 15.2 Å². The Morgan fingerprint density at radius 2 is 2.12 bits per heavy atom. The summed E-state index contributed by atoms with van der Waals surface area (Å²) in [6.07, 6.45) is 0.830. The molecule has 3 nitrogen and oxygen atoms in total. The largest absolute Gasteiger partial charge is 0.550 e. The van der Waals surface area contributed by atoms with Gasteiger partial charge in [0.05, 0.1) is 6.54 Å². The van der Waals surface area contributed by atoms with Crippen LogP contribution in [0.25, 0.3) is 0 Å². The molecule has 1 rings (SSSR count). The quantitative estimate of drug-likeness (QED) is 0.682. The number of carboxylic acid groups (broad SMARTS) is 1. The zero-order valence-electron chi connectivity index (χ0n) is 9.95. The molecule has 0 spiro atoms. The number of aliphatic carboxylic acids is 1. The van der Waals surface area contributed by atoms with Crippen molar-refractivity contribution in [1.82, 2.24) is 0 Å². The average molecular weight is 221 g/mol. The van der Waals surface area contributed by atoms with Crippen LogP contribution in [-0.2, 0) is 11.3 Å². The maximum Gasteiger partial charge on any atom is 0.102 e. The first-order chi connectivity index (χ1) is 7.59. The van der Waals surface area contributed by atoms with E-state index in [-0.39, 0.29) is 6.42 Å². The molecule has 0 amide bonds. The van der Waals surface area contributed by atoms with Gasteiger partial charge >= 0.3 is 0 Å². The normalized spacial score (nSPS) is 10.4. The van der Waals surface area contributed by atoms with E-state index in [9.17, 15) is 9.90 Å². The van der Waals surface area contributed by atoms with Crippen LogP contribution in [0.2, 0.25) is 0 Å². The summed E-state index contributed by atoms with van der Waals surface area (Å²) < 4.78 is 0. The van der Waals surface area contributed by atoms with Crippen LogP contribution < -0.4 is 10.4 Å². The van der Waals surface area contributed by atoms with Gasteiger partial charge in [-0.1, -0.05) is 23.8 Å². The van der Waals surface area contributed by atoms with Crippen molar-refractivity contribution in [2.75, 3.05) is 6.54 Å². The predicted molar refractivity (Wildman–Crippen MR) is 60.7 cm³/mol. The van der Waals surface area contributed by atoms with Gasteiger partial charge in [-0.25, -0.2) is 0 Å². The molecule has 1 aromatic rings. The van der Waals surface area contributed by atoms with Crippen LogP contribution in [-0.4, -0.2) is 12.5 Å². The Hall–Kier alpha value is -1.35. The highest BCUT2D eigenvalue weighted by Gasteiger charge is 2.00. The minimum atomic E-state index is -0.958. The maximum atomic E-state index is 10.2. The third-order valence-corrected chi connectivity index (χ3v) is 2.66. The summed E-state index contributed by atoms with van der Waals surface area (Å²) in [7, 11) is 0. The number of hydrogen-bond donors (Lipinski definition) is 1. The fourth-order valence-electron chi connectivity index (χ4n) is 1.67. The van der Waals surface area contributed by atoms with Gasteiger partial charge in [0.1, 0.15) is 6.54 Å². The molecule has 16 heavy (non-hydrogen) atoms. The molecule has 3 heteroatoms. The number of carbonyl (C=O) groups excluding carboxylic acids is 1. The monoisotopic (exact) mass is 221 g/mol. The first-order valence-electron chi connectivity index (χ1n) is 5.67. The number of benzene rings is 1. The third kappa shape index (κ3) is 4.45. The number of carboxylic acids is 1. The van der Waals surface area contributed by atoms with Crippen LogP contribution in [0.4, 0.5) is 0 Å². The molecular formula is C13H19NO2. The molecular weight excluding hydrogens is 202 g/mol. The summed E-state index contributed by atoms with van der Waals surface area (Å²) in [4.78, 5) is 10.2. The van der Waals surface area contributed by atoms with E-state index < -0.39 is 5.97 Å². The van der Waals surface area contributed by atoms with Crippen molar-refractivity contribution < 1.29 is 15.2 Å². The molecule has 0 aliphatic rings. The van der Waals surface area contributed by atoms with E-state index >= 15 is 0 Å². The summed E-state index contributed by atoms with van der Waals surface area (Å²) in [5.41, 5.74) is 3.89. The lowest BCUT2D eigenvalue weighted by Gasteiger charge is -2.06. The van der Waals surface area contributed by atoms with Crippen molar-refractivity contribution in [2.24, 2.45) is 0 Å². The van der Waals surface area contributed by atoms with E-state index in [1.54, 1.807) is 0 Å². The van der Waals surface area contributed by atoms with E-state index in [1.807, 2.05) is 0 Å². The van der Waals surface area contributed by atoms with E-state index in [1.165, 1.54) is 16.7 Å². The van der Waals surface area contributed by atoms with Crippen LogP contribution in [0.15, 0.2) is 18.2 Å². The lowest BCUT2D eigenvalue weighted by molar-refractivity contribution is -0.670. The Balaban J connectivity index is 2.31. The zero-order chi connectivity index (χ0) is 12.0. The Morgan fingerprint density at radius 1 is 1.38 bits per heavy atom. The van der Waals surface area contributed by atoms with Gasteiger partial charge in [-0.05, 0) is 25.8 Å². The highest BCUT2D eigenvalue weighted by molar-refractivity contribution is 5.64. The number of aryl methyl sites for hydroxylation is 2. The second kappa shape index (κ2) is 6.28. The molecule has 0 aromatic heterocycles. The summed E-state index contributed by atoms with van der Waals surface area (Å²) in [6.45, 7) is 5.94. The van der Waals surface area contributed by atoms with Gasteiger partial charge in [0.2, 0.25) is 0 Å². The van der Waals surface area contributed by atoms with Crippen molar-refractivity contribution in [1.29, 1.82) is 0 Å². The highest BCUT2D eigenvalue weighted by atomic mass is 16.4. The molecule has 0 saturated carbocycles. The number of hydrogen-bond acceptors (Lipinski definition) is 2. The highest BCUT2D eigenvalue weighted by Crippen LogP contribution is 2.08. The topological polar surface area (TPSA) is 56.7 Å². The van der Waals surface area contributed by atoms with Crippen molar-refractivity contribution in [3.8, 4) is 0 Å². The van der Waals surface area contributed by atoms with Gasteiger partial charge in [-0.2, -0.15) is 0 Å². The molecule has 0 unspecified atom stereocenters. The minimum Gasteiger partial charge on any atom is -0.550 e. The minimum absolute atomic E-state index is 0.156. The third-order valence-electron chi connectivity index (χ3n) is 2.66. The van der Waals surface area contributed by atoms with Crippen LogP contribution in [0.3, 0.4) is 0 Å². The zero-order valence-corrected chi connectivity index (χ0v) is 9.95. The van der Waals surface area contributed by atoms with Crippen LogP contribution >= 0.6 is 0 Å². The van der Waals surface area contributed by atoms with E-state index in [2.05, 4.69) is 37.4 Å². The van der Waals surface area contributed by atoms with Crippen LogP contribution in [0.1, 0.15) is 29.5 Å². The van der Waals surface area contributed by atoms with Gasteiger partial charge in [-0.15, -0.1) is 0 Å². The van der Waals surface area contributed by atoms with Crippen molar-refractivity contribution >= 4 is 5.97 Å². The molecule has 0 fully saturated rings. The number of rotatable bonds is 6. The fraction of sp³-hybridized carbons (Fsp3) is 0.462. The SMILES string of the molecule is Cc1ccc(C)c(C[NH2+]CCCC(=O)[O-])c1. The lowest BCUT2D eigenvalue weighted by atomic mass is 10.1. The molecule has 0 bridgehead atoms. The smallest absolute Gasteiger partial charge is 0.102 e. The van der Waals surface area contributed by atoms with Gasteiger partial charge in [-0.3, -0.25) is 0 Å². The predicted octanol–water partition coefficient (Wildman–Crippen LogP) is -0.103.